The second-order valence-corrected chi connectivity index (χ2v) is 5.66. The molecule has 1 aliphatic heterocycles. The molecule has 0 aliphatic carbocycles. The smallest absolute Gasteiger partial charge is 0.237 e. The lowest BCUT2D eigenvalue weighted by Crippen LogP contribution is -2.47. The highest BCUT2D eigenvalue weighted by Crippen LogP contribution is 2.13. The quantitative estimate of drug-likeness (QED) is 0.873. The van der Waals surface area contributed by atoms with Crippen LogP contribution in [0.5, 0.6) is 5.75 Å². The van der Waals surface area contributed by atoms with Gasteiger partial charge in [0.1, 0.15) is 5.75 Å². The van der Waals surface area contributed by atoms with E-state index in [1.165, 1.54) is 24.8 Å². The molecule has 1 aliphatic rings. The normalized spacial score (nSPS) is 17.2. The van der Waals surface area contributed by atoms with Crippen molar-refractivity contribution in [1.29, 1.82) is 0 Å². The third-order valence-corrected chi connectivity index (χ3v) is 4.19. The lowest BCUT2D eigenvalue weighted by molar-refractivity contribution is -0.126. The average molecular weight is 290 g/mol. The van der Waals surface area contributed by atoms with Crippen LogP contribution in [0.3, 0.4) is 0 Å². The molecule has 1 heterocycles. The summed E-state index contributed by atoms with van der Waals surface area (Å²) in [5.41, 5.74) is 1.21. The van der Waals surface area contributed by atoms with Crippen molar-refractivity contribution >= 4 is 5.91 Å². The number of methoxy groups -OCH3 is 1. The van der Waals surface area contributed by atoms with Crippen molar-refractivity contribution < 1.29 is 9.53 Å². The van der Waals surface area contributed by atoms with Gasteiger partial charge in [-0.15, -0.1) is 0 Å². The number of amides is 1. The lowest BCUT2D eigenvalue weighted by Gasteiger charge is -2.31. The molecule has 1 amide bonds. The van der Waals surface area contributed by atoms with E-state index in [1.54, 1.807) is 7.11 Å². The fourth-order valence-corrected chi connectivity index (χ4v) is 2.74. The molecule has 2 rings (SSSR count). The number of ether oxygens (including phenoxy) is 1. The van der Waals surface area contributed by atoms with Crippen LogP contribution in [-0.2, 0) is 11.2 Å². The number of nitrogens with one attached hydrogen (secondary N) is 1. The monoisotopic (exact) mass is 290 g/mol. The zero-order chi connectivity index (χ0) is 15.1. The molecule has 0 bridgehead atoms. The molecule has 1 aromatic rings. The highest BCUT2D eigenvalue weighted by atomic mass is 16.5. The lowest BCUT2D eigenvalue weighted by atomic mass is 10.1. The molecule has 1 aromatic carbocycles. The van der Waals surface area contributed by atoms with E-state index in [4.69, 9.17) is 4.74 Å². The Hall–Kier alpha value is -1.55. The van der Waals surface area contributed by atoms with E-state index in [2.05, 4.69) is 10.2 Å². The first-order chi connectivity index (χ1) is 10.2. The second-order valence-electron chi connectivity index (χ2n) is 5.66. The summed E-state index contributed by atoms with van der Waals surface area (Å²) in [6.45, 7) is 4.79. The number of carbonyl (C=O) groups excluding carboxylic acids is 1. The fourth-order valence-electron chi connectivity index (χ4n) is 2.74. The Morgan fingerprint density at radius 2 is 1.90 bits per heavy atom. The molecule has 1 atom stereocenters. The molecule has 0 radical (unpaired) electrons. The van der Waals surface area contributed by atoms with Gasteiger partial charge >= 0.3 is 0 Å². The Balaban J connectivity index is 1.72. The molecule has 0 aromatic heterocycles. The van der Waals surface area contributed by atoms with Gasteiger partial charge in [0, 0.05) is 6.54 Å². The van der Waals surface area contributed by atoms with Gasteiger partial charge in [0.05, 0.1) is 13.2 Å². The van der Waals surface area contributed by atoms with Crippen LogP contribution in [0.4, 0.5) is 0 Å². The number of rotatable bonds is 6. The number of nitrogens with zero attached hydrogens (tertiary/aromatic N) is 1. The summed E-state index contributed by atoms with van der Waals surface area (Å²) in [4.78, 5) is 14.4. The van der Waals surface area contributed by atoms with Crippen molar-refractivity contribution in [2.75, 3.05) is 26.7 Å². The zero-order valence-electron chi connectivity index (χ0n) is 13.1. The highest BCUT2D eigenvalue weighted by Gasteiger charge is 2.22. The van der Waals surface area contributed by atoms with Gasteiger partial charge < -0.3 is 10.1 Å². The number of hydrogen-bond acceptors (Lipinski definition) is 3. The van der Waals surface area contributed by atoms with E-state index in [0.29, 0.717) is 6.54 Å². The van der Waals surface area contributed by atoms with Crippen LogP contribution in [-0.4, -0.2) is 43.6 Å². The van der Waals surface area contributed by atoms with Gasteiger partial charge in [-0.25, -0.2) is 0 Å². The van der Waals surface area contributed by atoms with Crippen molar-refractivity contribution in [3.8, 4) is 5.75 Å². The minimum absolute atomic E-state index is 0.0128. The van der Waals surface area contributed by atoms with Gasteiger partial charge in [-0.1, -0.05) is 18.6 Å². The van der Waals surface area contributed by atoms with Crippen LogP contribution in [0.2, 0.25) is 0 Å². The summed E-state index contributed by atoms with van der Waals surface area (Å²) in [5, 5.41) is 3.04. The summed E-state index contributed by atoms with van der Waals surface area (Å²) >= 11 is 0. The SMILES string of the molecule is COc1ccc(CCNC(=O)C(C)N2CCCCC2)cc1. The zero-order valence-corrected chi connectivity index (χ0v) is 13.1. The van der Waals surface area contributed by atoms with Crippen molar-refractivity contribution in [2.45, 2.75) is 38.6 Å². The van der Waals surface area contributed by atoms with Gasteiger partial charge in [-0.3, -0.25) is 9.69 Å². The van der Waals surface area contributed by atoms with E-state index in [9.17, 15) is 4.79 Å². The first-order valence-corrected chi connectivity index (χ1v) is 7.85. The number of carbonyl (C=O) groups is 1. The minimum Gasteiger partial charge on any atom is -0.497 e. The van der Waals surface area contributed by atoms with Crippen molar-refractivity contribution in [1.82, 2.24) is 10.2 Å². The first kappa shape index (κ1) is 15.8. The molecule has 116 valence electrons. The first-order valence-electron chi connectivity index (χ1n) is 7.85. The number of hydrogen-bond donors (Lipinski definition) is 1. The van der Waals surface area contributed by atoms with E-state index in [0.717, 1.165) is 25.3 Å². The van der Waals surface area contributed by atoms with Gasteiger partial charge in [-0.05, 0) is 57.0 Å². The molecular weight excluding hydrogens is 264 g/mol. The summed E-state index contributed by atoms with van der Waals surface area (Å²) < 4.78 is 5.14. The van der Waals surface area contributed by atoms with Crippen LogP contribution >= 0.6 is 0 Å². The summed E-state index contributed by atoms with van der Waals surface area (Å²) in [6, 6.07) is 7.97. The maximum Gasteiger partial charge on any atom is 0.237 e. The van der Waals surface area contributed by atoms with Gasteiger partial charge in [0.25, 0.3) is 0 Å². The van der Waals surface area contributed by atoms with E-state index in [1.807, 2.05) is 31.2 Å². The Bertz CT molecular complexity index is 439. The third kappa shape index (κ3) is 4.74. The molecule has 4 nitrogen and oxygen atoms in total. The summed E-state index contributed by atoms with van der Waals surface area (Å²) in [6.07, 6.45) is 4.57. The van der Waals surface area contributed by atoms with E-state index in [-0.39, 0.29) is 11.9 Å². The van der Waals surface area contributed by atoms with Crippen LogP contribution in [0.1, 0.15) is 31.7 Å². The molecule has 1 saturated heterocycles. The maximum atomic E-state index is 12.2. The Kier molecular flexibility index (Phi) is 6.05. The standard InChI is InChI=1S/C17H26N2O2/c1-14(19-12-4-3-5-13-19)17(20)18-11-10-15-6-8-16(21-2)9-7-15/h6-9,14H,3-5,10-13H2,1-2H3,(H,18,20). The summed E-state index contributed by atoms with van der Waals surface area (Å²) in [7, 11) is 1.66. The molecule has 1 unspecified atom stereocenters. The average Bonchev–Trinajstić information content (AvgIpc) is 2.55. The largest absolute Gasteiger partial charge is 0.497 e. The molecule has 0 saturated carbocycles. The van der Waals surface area contributed by atoms with Crippen LogP contribution in [0.15, 0.2) is 24.3 Å². The fraction of sp³-hybridized carbons (Fsp3) is 0.588. The van der Waals surface area contributed by atoms with E-state index < -0.39 is 0 Å². The molecule has 4 heteroatoms. The predicted molar refractivity (Wildman–Crippen MR) is 84.6 cm³/mol. The molecule has 1 N–H and O–H groups in total. The molecule has 21 heavy (non-hydrogen) atoms. The number of benzene rings is 1. The van der Waals surface area contributed by atoms with Gasteiger partial charge in [-0.2, -0.15) is 0 Å². The minimum atomic E-state index is -0.0128. The van der Waals surface area contributed by atoms with Crippen molar-refractivity contribution in [3.63, 3.8) is 0 Å². The van der Waals surface area contributed by atoms with Crippen LogP contribution < -0.4 is 10.1 Å². The predicted octanol–water partition coefficient (Wildman–Crippen LogP) is 2.23. The van der Waals surface area contributed by atoms with Gasteiger partial charge in [0.15, 0.2) is 0 Å². The molecule has 0 spiro atoms. The Labute approximate surface area is 127 Å². The van der Waals surface area contributed by atoms with Crippen molar-refractivity contribution in [3.05, 3.63) is 29.8 Å². The van der Waals surface area contributed by atoms with E-state index >= 15 is 0 Å². The van der Waals surface area contributed by atoms with Gasteiger partial charge in [0.2, 0.25) is 5.91 Å². The Morgan fingerprint density at radius 1 is 1.24 bits per heavy atom. The Morgan fingerprint density at radius 3 is 2.52 bits per heavy atom. The van der Waals surface area contributed by atoms with Crippen molar-refractivity contribution in [2.24, 2.45) is 0 Å². The topological polar surface area (TPSA) is 41.6 Å². The molecule has 1 fully saturated rings. The second kappa shape index (κ2) is 8.03. The van der Waals surface area contributed by atoms with Crippen LogP contribution in [0, 0.1) is 0 Å². The highest BCUT2D eigenvalue weighted by molar-refractivity contribution is 5.81. The van der Waals surface area contributed by atoms with Crippen LogP contribution in [0.25, 0.3) is 0 Å². The number of likely N-dealkylation sites (tertiary alicyclic amines) is 1. The summed E-state index contributed by atoms with van der Waals surface area (Å²) in [5.74, 6) is 1.01. The maximum absolute atomic E-state index is 12.2. The third-order valence-electron chi connectivity index (χ3n) is 4.19. The molecular formula is C17H26N2O2. The number of piperidine rings is 1.